The number of aryl methyl sites for hydroxylation is 1. The highest BCUT2D eigenvalue weighted by molar-refractivity contribution is 6.30. The molecule has 9 heteroatoms. The maximum atomic E-state index is 12.8. The first-order valence-electron chi connectivity index (χ1n) is 10.5. The lowest BCUT2D eigenvalue weighted by Crippen LogP contribution is -2.48. The van der Waals surface area contributed by atoms with Gasteiger partial charge in [0.05, 0.1) is 21.8 Å². The van der Waals surface area contributed by atoms with Gasteiger partial charge in [-0.05, 0) is 43.5 Å². The SMILES string of the molecule is CC[C@H](c1ccc(Cl)cn1)C1(O)CCN(c2c(C#N)c(=O)n(C)c3ccc(Cl)nc23)CC1. The van der Waals surface area contributed by atoms with E-state index in [1.54, 1.807) is 31.4 Å². The van der Waals surface area contributed by atoms with Gasteiger partial charge in [-0.25, -0.2) is 4.98 Å². The van der Waals surface area contributed by atoms with Crippen molar-refractivity contribution >= 4 is 39.9 Å². The Morgan fingerprint density at radius 3 is 2.56 bits per heavy atom. The van der Waals surface area contributed by atoms with Crippen LogP contribution in [-0.4, -0.2) is 38.3 Å². The number of halogens is 2. The molecule has 0 unspecified atom stereocenters. The molecule has 0 spiro atoms. The molecule has 1 N–H and O–H groups in total. The summed E-state index contributed by atoms with van der Waals surface area (Å²) >= 11 is 12.1. The largest absolute Gasteiger partial charge is 0.389 e. The number of nitriles is 1. The van der Waals surface area contributed by atoms with Crippen molar-refractivity contribution in [2.45, 2.75) is 37.7 Å². The first kappa shape index (κ1) is 22.5. The van der Waals surface area contributed by atoms with Gasteiger partial charge < -0.3 is 14.6 Å². The molecule has 1 aliphatic heterocycles. The van der Waals surface area contributed by atoms with E-state index in [1.165, 1.54) is 4.57 Å². The average molecular weight is 472 g/mol. The summed E-state index contributed by atoms with van der Waals surface area (Å²) in [5, 5.41) is 22.1. The molecule has 1 saturated heterocycles. The number of aromatic nitrogens is 3. The van der Waals surface area contributed by atoms with E-state index in [4.69, 9.17) is 23.2 Å². The Hall–Kier alpha value is -2.66. The molecule has 7 nitrogen and oxygen atoms in total. The van der Waals surface area contributed by atoms with Gasteiger partial charge in [0.1, 0.15) is 22.3 Å². The molecule has 0 bridgehead atoms. The fraction of sp³-hybridized carbons (Fsp3) is 0.391. The van der Waals surface area contributed by atoms with Crippen molar-refractivity contribution in [1.29, 1.82) is 5.26 Å². The normalized spacial score (nSPS) is 16.7. The number of hydrogen-bond acceptors (Lipinski definition) is 6. The molecule has 4 heterocycles. The molecule has 3 aromatic rings. The van der Waals surface area contributed by atoms with E-state index in [0.29, 0.717) is 47.7 Å². The van der Waals surface area contributed by atoms with Gasteiger partial charge in [-0.1, -0.05) is 30.1 Å². The van der Waals surface area contributed by atoms with Crippen molar-refractivity contribution in [3.05, 3.63) is 62.2 Å². The Kier molecular flexibility index (Phi) is 6.13. The van der Waals surface area contributed by atoms with Crippen molar-refractivity contribution in [3.8, 4) is 6.07 Å². The third-order valence-electron chi connectivity index (χ3n) is 6.40. The van der Waals surface area contributed by atoms with Crippen LogP contribution >= 0.6 is 23.2 Å². The van der Waals surface area contributed by atoms with Gasteiger partial charge in [-0.3, -0.25) is 9.78 Å². The summed E-state index contributed by atoms with van der Waals surface area (Å²) in [6, 6.07) is 9.05. The quantitative estimate of drug-likeness (QED) is 0.577. The molecular formula is C23H23Cl2N5O2. The lowest BCUT2D eigenvalue weighted by atomic mass is 9.76. The van der Waals surface area contributed by atoms with Crippen molar-refractivity contribution < 1.29 is 5.11 Å². The summed E-state index contributed by atoms with van der Waals surface area (Å²) in [4.78, 5) is 23.7. The van der Waals surface area contributed by atoms with Gasteiger partial charge in [0, 0.05) is 37.9 Å². The molecule has 0 aromatic carbocycles. The van der Waals surface area contributed by atoms with Crippen LogP contribution < -0.4 is 10.5 Å². The van der Waals surface area contributed by atoms with Crippen LogP contribution in [0.4, 0.5) is 5.69 Å². The van der Waals surface area contributed by atoms with Gasteiger partial charge in [0.2, 0.25) is 0 Å². The zero-order valence-corrected chi connectivity index (χ0v) is 19.4. The van der Waals surface area contributed by atoms with Crippen LogP contribution in [0, 0.1) is 11.3 Å². The lowest BCUT2D eigenvalue weighted by Gasteiger charge is -2.43. The van der Waals surface area contributed by atoms with Gasteiger partial charge in [-0.15, -0.1) is 0 Å². The van der Waals surface area contributed by atoms with Crippen LogP contribution in [0.2, 0.25) is 10.2 Å². The number of nitrogens with zero attached hydrogens (tertiary/aromatic N) is 5. The summed E-state index contributed by atoms with van der Waals surface area (Å²) in [5.41, 5.74) is 1.09. The molecule has 1 fully saturated rings. The Labute approximate surface area is 195 Å². The Bertz CT molecular complexity index is 1260. The predicted octanol–water partition coefficient (Wildman–Crippen LogP) is 4.03. The summed E-state index contributed by atoms with van der Waals surface area (Å²) < 4.78 is 1.42. The van der Waals surface area contributed by atoms with Crippen LogP contribution in [0.3, 0.4) is 0 Å². The van der Waals surface area contributed by atoms with E-state index in [1.807, 2.05) is 17.9 Å². The van der Waals surface area contributed by atoms with Gasteiger partial charge in [0.25, 0.3) is 5.56 Å². The van der Waals surface area contributed by atoms with E-state index >= 15 is 0 Å². The highest BCUT2D eigenvalue weighted by Gasteiger charge is 2.41. The van der Waals surface area contributed by atoms with E-state index in [-0.39, 0.29) is 22.2 Å². The molecule has 3 aromatic heterocycles. The molecule has 1 atom stereocenters. The standard InChI is InChI=1S/C23H23Cl2N5O2/c1-3-16(17-5-4-14(24)13-27-17)23(32)8-10-30(11-9-23)21-15(12-26)22(31)29(2)18-6-7-19(25)28-20(18)21/h4-7,13,16,32H,3,8-11H2,1-2H3/t16-/m1/s1. The second-order valence-corrected chi connectivity index (χ2v) is 8.98. The van der Waals surface area contributed by atoms with Crippen LogP contribution in [-0.2, 0) is 7.05 Å². The van der Waals surface area contributed by atoms with E-state index in [0.717, 1.165) is 12.1 Å². The van der Waals surface area contributed by atoms with Crippen molar-refractivity contribution in [2.75, 3.05) is 18.0 Å². The van der Waals surface area contributed by atoms with Crippen molar-refractivity contribution in [2.24, 2.45) is 7.05 Å². The van der Waals surface area contributed by atoms with E-state index in [9.17, 15) is 15.2 Å². The fourth-order valence-electron chi connectivity index (χ4n) is 4.70. The van der Waals surface area contributed by atoms with E-state index in [2.05, 4.69) is 16.0 Å². The Balaban J connectivity index is 1.71. The highest BCUT2D eigenvalue weighted by Crippen LogP contribution is 2.40. The number of piperidine rings is 1. The molecule has 0 amide bonds. The number of fused-ring (bicyclic) bond motifs is 1. The summed E-state index contributed by atoms with van der Waals surface area (Å²) in [5.74, 6) is -0.148. The van der Waals surface area contributed by atoms with Gasteiger partial charge in [0.15, 0.2) is 0 Å². The average Bonchev–Trinajstić information content (AvgIpc) is 2.78. The number of aliphatic hydroxyl groups is 1. The third kappa shape index (κ3) is 3.83. The second kappa shape index (κ2) is 8.70. The van der Waals surface area contributed by atoms with Gasteiger partial charge >= 0.3 is 0 Å². The Morgan fingerprint density at radius 1 is 1.25 bits per heavy atom. The first-order chi connectivity index (χ1) is 15.3. The van der Waals surface area contributed by atoms with Crippen molar-refractivity contribution in [3.63, 3.8) is 0 Å². The maximum Gasteiger partial charge on any atom is 0.270 e. The molecule has 32 heavy (non-hydrogen) atoms. The zero-order valence-electron chi connectivity index (χ0n) is 17.8. The molecule has 4 rings (SSSR count). The lowest BCUT2D eigenvalue weighted by molar-refractivity contribution is -0.0130. The maximum absolute atomic E-state index is 12.8. The smallest absolute Gasteiger partial charge is 0.270 e. The second-order valence-electron chi connectivity index (χ2n) is 8.15. The zero-order chi connectivity index (χ0) is 23.0. The number of anilines is 1. The predicted molar refractivity (Wildman–Crippen MR) is 125 cm³/mol. The van der Waals surface area contributed by atoms with Crippen LogP contribution in [0.25, 0.3) is 11.0 Å². The monoisotopic (exact) mass is 471 g/mol. The molecule has 0 saturated carbocycles. The van der Waals surface area contributed by atoms with E-state index < -0.39 is 5.60 Å². The topological polar surface area (TPSA) is 95.0 Å². The van der Waals surface area contributed by atoms with Crippen LogP contribution in [0.1, 0.15) is 43.4 Å². The minimum atomic E-state index is -0.959. The Morgan fingerprint density at radius 2 is 1.97 bits per heavy atom. The number of pyridine rings is 3. The molecule has 0 radical (unpaired) electrons. The van der Waals surface area contributed by atoms with Gasteiger partial charge in [-0.2, -0.15) is 5.26 Å². The molecule has 1 aliphatic rings. The molecule has 0 aliphatic carbocycles. The fourth-order valence-corrected chi connectivity index (χ4v) is 4.96. The summed E-state index contributed by atoms with van der Waals surface area (Å²) in [6.07, 6.45) is 3.23. The minimum absolute atomic E-state index is 0.0339. The highest BCUT2D eigenvalue weighted by atomic mass is 35.5. The van der Waals surface area contributed by atoms with Crippen LogP contribution in [0.5, 0.6) is 0 Å². The first-order valence-corrected chi connectivity index (χ1v) is 11.2. The molecule has 166 valence electrons. The van der Waals surface area contributed by atoms with Crippen LogP contribution in [0.15, 0.2) is 35.3 Å². The third-order valence-corrected chi connectivity index (χ3v) is 6.84. The summed E-state index contributed by atoms with van der Waals surface area (Å²) in [6.45, 7) is 2.96. The number of hydrogen-bond donors (Lipinski definition) is 1. The minimum Gasteiger partial charge on any atom is -0.389 e. The van der Waals surface area contributed by atoms with Crippen molar-refractivity contribution in [1.82, 2.24) is 14.5 Å². The molecular weight excluding hydrogens is 449 g/mol. The summed E-state index contributed by atoms with van der Waals surface area (Å²) in [7, 11) is 1.62. The number of rotatable bonds is 4.